The summed E-state index contributed by atoms with van der Waals surface area (Å²) in [5.41, 5.74) is 8.64. The van der Waals surface area contributed by atoms with Gasteiger partial charge in [0.25, 0.3) is 0 Å². The Morgan fingerprint density at radius 3 is 0.871 bits per heavy atom. The van der Waals surface area contributed by atoms with Crippen LogP contribution in [0.15, 0.2) is 0 Å². The molecular weight excluding hydrogens is 702 g/mol. The fourth-order valence-electron chi connectivity index (χ4n) is 2.41. The van der Waals surface area contributed by atoms with Gasteiger partial charge in [0.05, 0.1) is 39.6 Å². The number of hydrogen-bond acceptors (Lipinski definition) is 12. The van der Waals surface area contributed by atoms with Gasteiger partial charge in [-0.1, -0.05) is 0 Å². The summed E-state index contributed by atoms with van der Waals surface area (Å²) in [6.07, 6.45) is 0. The number of ether oxygens (including phenoxy) is 3. The molecule has 0 aromatic rings. The Morgan fingerprint density at radius 1 is 0.516 bits per heavy atom. The average Bonchev–Trinajstić information content (AvgIpc) is 2.70. The van der Waals surface area contributed by atoms with Gasteiger partial charge in [0, 0.05) is 39.3 Å². The molecule has 9 nitrogen and oxygen atoms in total. The van der Waals surface area contributed by atoms with Crippen LogP contribution in [0.3, 0.4) is 0 Å². The molecule has 31 heavy (non-hydrogen) atoms. The van der Waals surface area contributed by atoms with Crippen molar-refractivity contribution in [1.29, 1.82) is 0 Å². The summed E-state index contributed by atoms with van der Waals surface area (Å²) in [5.74, 6) is 0. The molecule has 0 atom stereocenters. The van der Waals surface area contributed by atoms with Crippen LogP contribution in [0.5, 0.6) is 0 Å². The van der Waals surface area contributed by atoms with Crippen LogP contribution in [-0.2, 0) is 74.5 Å². The van der Waals surface area contributed by atoms with Crippen molar-refractivity contribution in [2.75, 3.05) is 78.9 Å². The van der Waals surface area contributed by atoms with Crippen molar-refractivity contribution >= 4 is 87.5 Å². The molecule has 3 heterocycles. The van der Waals surface area contributed by atoms with Gasteiger partial charge in [0.2, 0.25) is 0 Å². The molecule has 0 aromatic heterocycles. The molecule has 3 fully saturated rings. The first-order valence-corrected chi connectivity index (χ1v) is 11.7. The van der Waals surface area contributed by atoms with Crippen molar-refractivity contribution in [3.05, 3.63) is 0 Å². The molecule has 3 aliphatic heterocycles. The second-order valence-corrected chi connectivity index (χ2v) is 9.22. The van der Waals surface area contributed by atoms with Crippen molar-refractivity contribution < 1.29 is 36.6 Å². The van der Waals surface area contributed by atoms with E-state index >= 15 is 0 Å². The maximum atomic E-state index is 5.12. The minimum atomic E-state index is 0. The van der Waals surface area contributed by atoms with Gasteiger partial charge in [-0.3, -0.25) is 0 Å². The van der Waals surface area contributed by atoms with Gasteiger partial charge in [-0.15, -0.1) is 0 Å². The number of nitrogens with one attached hydrogen (secondary N) is 3. The molecule has 0 unspecified atom stereocenters. The van der Waals surface area contributed by atoms with Crippen molar-refractivity contribution in [3.8, 4) is 0 Å². The van der Waals surface area contributed by atoms with Gasteiger partial charge in [-0.25, -0.2) is 15.0 Å². The summed E-state index contributed by atoms with van der Waals surface area (Å²) >= 11 is 28.2. The van der Waals surface area contributed by atoms with Gasteiger partial charge in [0.1, 0.15) is 0 Å². The van der Waals surface area contributed by atoms with E-state index in [1.807, 2.05) is 15.0 Å². The van der Waals surface area contributed by atoms with Crippen molar-refractivity contribution in [1.82, 2.24) is 31.3 Å². The third-order valence-electron chi connectivity index (χ3n) is 3.78. The van der Waals surface area contributed by atoms with Crippen molar-refractivity contribution in [2.45, 2.75) is 0 Å². The summed E-state index contributed by atoms with van der Waals surface area (Å²) in [6.45, 7) is 9.68. The number of morpholine rings is 3. The number of hydrogen-bond donors (Lipinski definition) is 3. The zero-order valence-corrected chi connectivity index (χ0v) is 23.9. The van der Waals surface area contributed by atoms with Crippen LogP contribution in [0, 0.1) is 0 Å². The van der Waals surface area contributed by atoms with Crippen LogP contribution in [0.2, 0.25) is 0 Å². The van der Waals surface area contributed by atoms with Crippen LogP contribution >= 0.6 is 36.7 Å². The molecular formula is C15H27AuN6O3S6. The Labute approximate surface area is 232 Å². The van der Waals surface area contributed by atoms with Crippen molar-refractivity contribution in [3.63, 3.8) is 0 Å². The molecule has 0 radical (unpaired) electrons. The predicted octanol–water partition coefficient (Wildman–Crippen LogP) is -1.04. The SMILES string of the molecule is S=C([S-])NN1CCOCC1.S=C([S-])NN1CCOCC1.S=C([S-])NN1CCOCC1.[Au+3]. The zero-order chi connectivity index (χ0) is 22.2. The van der Waals surface area contributed by atoms with E-state index in [2.05, 4.69) is 16.3 Å². The Balaban J connectivity index is 0.000000429. The normalized spacial score (nSPS) is 19.7. The Bertz CT molecular complexity index is 452. The minimum absolute atomic E-state index is 0. The number of nitrogens with zero attached hydrogens (tertiary/aromatic N) is 3. The predicted molar refractivity (Wildman–Crippen MR) is 136 cm³/mol. The van der Waals surface area contributed by atoms with E-state index in [9.17, 15) is 0 Å². The van der Waals surface area contributed by atoms with E-state index in [0.29, 0.717) is 13.0 Å². The quantitative estimate of drug-likeness (QED) is 0.188. The van der Waals surface area contributed by atoms with Gasteiger partial charge < -0.3 is 105 Å². The largest absolute Gasteiger partial charge is 3.00 e. The van der Waals surface area contributed by atoms with E-state index in [0.717, 1.165) is 78.9 Å². The second-order valence-electron chi connectivity index (χ2n) is 6.00. The fourth-order valence-corrected chi connectivity index (χ4v) is 3.19. The first kappa shape index (κ1) is 31.8. The molecule has 182 valence electrons. The third kappa shape index (κ3) is 18.9. The van der Waals surface area contributed by atoms with Gasteiger partial charge >= 0.3 is 22.4 Å². The minimum Gasteiger partial charge on any atom is -0.410 e. The second kappa shape index (κ2) is 20.2. The first-order valence-electron chi connectivity index (χ1n) is 9.27. The summed E-state index contributed by atoms with van der Waals surface area (Å²) in [7, 11) is 0. The van der Waals surface area contributed by atoms with Gasteiger partial charge in [0.15, 0.2) is 0 Å². The Hall–Kier alpha value is 0.830. The van der Waals surface area contributed by atoms with Crippen LogP contribution in [0.25, 0.3) is 0 Å². The third-order valence-corrected chi connectivity index (χ3v) is 4.33. The zero-order valence-electron chi connectivity index (χ0n) is 16.8. The van der Waals surface area contributed by atoms with Crippen LogP contribution in [-0.4, -0.2) is 107 Å². The molecule has 0 saturated carbocycles. The maximum Gasteiger partial charge on any atom is 3.00 e. The molecule has 0 aliphatic carbocycles. The number of hydrazine groups is 3. The summed E-state index contributed by atoms with van der Waals surface area (Å²) < 4.78 is 16.6. The number of thiocarbonyl (C=S) groups is 3. The molecule has 0 spiro atoms. The molecule has 16 heteroatoms. The number of rotatable bonds is 3. The van der Waals surface area contributed by atoms with E-state index in [1.54, 1.807) is 0 Å². The van der Waals surface area contributed by atoms with E-state index in [-0.39, 0.29) is 22.4 Å². The molecule has 3 N–H and O–H groups in total. The average molecular weight is 729 g/mol. The van der Waals surface area contributed by atoms with Crippen molar-refractivity contribution in [2.24, 2.45) is 0 Å². The van der Waals surface area contributed by atoms with Crippen LogP contribution < -0.4 is 16.3 Å². The van der Waals surface area contributed by atoms with Gasteiger partial charge in [-0.2, -0.15) is 0 Å². The summed E-state index contributed by atoms with van der Waals surface area (Å²) in [5, 5.41) is 5.91. The smallest absolute Gasteiger partial charge is 0.410 e. The molecule has 3 saturated heterocycles. The van der Waals surface area contributed by atoms with E-state index in [1.165, 1.54) is 0 Å². The standard InChI is InChI=1S/3C5H10N2OS2.Au/c3*9-5(10)6-7-1-3-8-4-2-7;/h3*1-4H2,(H2,6,9,10);/q;;;+3/p-3. The monoisotopic (exact) mass is 728 g/mol. The van der Waals surface area contributed by atoms with Gasteiger partial charge in [-0.05, 0) is 13.0 Å². The molecule has 3 rings (SSSR count). The summed E-state index contributed by atoms with van der Waals surface area (Å²) in [4.78, 5) is 0. The first-order chi connectivity index (χ1) is 14.4. The molecule has 0 amide bonds. The van der Waals surface area contributed by atoms with E-state index < -0.39 is 0 Å². The molecule has 0 aromatic carbocycles. The van der Waals surface area contributed by atoms with Crippen LogP contribution in [0.4, 0.5) is 0 Å². The van der Waals surface area contributed by atoms with E-state index in [4.69, 9.17) is 88.8 Å². The Kier molecular flexibility index (Phi) is 20.8. The van der Waals surface area contributed by atoms with Crippen LogP contribution in [0.1, 0.15) is 0 Å². The molecule has 0 bridgehead atoms. The fraction of sp³-hybridized carbons (Fsp3) is 0.800. The molecule has 3 aliphatic rings. The Morgan fingerprint density at radius 2 is 0.710 bits per heavy atom. The maximum absolute atomic E-state index is 5.12. The summed E-state index contributed by atoms with van der Waals surface area (Å²) in [6, 6.07) is 0. The topological polar surface area (TPSA) is 73.5 Å².